The summed E-state index contributed by atoms with van der Waals surface area (Å²) >= 11 is 24.2. The van der Waals surface area contributed by atoms with E-state index in [0.29, 0.717) is 0 Å². The van der Waals surface area contributed by atoms with Crippen molar-refractivity contribution < 1.29 is 0 Å². The standard InChI is InChI=1S/C5H12Cl4Si2/c1-4-5(10(2,6)7)11(3,8)9/h5H,4H2,1-3H3. The maximum absolute atomic E-state index is 6.05. The molecule has 0 bridgehead atoms. The van der Waals surface area contributed by atoms with E-state index in [2.05, 4.69) is 0 Å². The zero-order valence-corrected chi connectivity index (χ0v) is 11.8. The van der Waals surface area contributed by atoms with Crippen molar-refractivity contribution in [3.63, 3.8) is 0 Å². The molecule has 0 saturated carbocycles. The molecule has 6 heteroatoms. The van der Waals surface area contributed by atoms with Crippen molar-refractivity contribution in [2.24, 2.45) is 0 Å². The Morgan fingerprint density at radius 3 is 1.27 bits per heavy atom. The minimum absolute atomic E-state index is 0.154. The molecule has 0 nitrogen and oxygen atoms in total. The van der Waals surface area contributed by atoms with E-state index in [-0.39, 0.29) is 5.16 Å². The highest BCUT2D eigenvalue weighted by Crippen LogP contribution is 2.43. The highest BCUT2D eigenvalue weighted by Gasteiger charge is 2.45. The van der Waals surface area contributed by atoms with Crippen molar-refractivity contribution in [1.82, 2.24) is 0 Å². The molecule has 0 unspecified atom stereocenters. The lowest BCUT2D eigenvalue weighted by atomic mass is 10.6. The van der Waals surface area contributed by atoms with Crippen molar-refractivity contribution in [3.8, 4) is 0 Å². The summed E-state index contributed by atoms with van der Waals surface area (Å²) in [6, 6.07) is 0. The Hall–Kier alpha value is 1.59. The van der Waals surface area contributed by atoms with Gasteiger partial charge in [0.05, 0.1) is 0 Å². The molecule has 0 N–H and O–H groups in total. The lowest BCUT2D eigenvalue weighted by Gasteiger charge is -2.28. The van der Waals surface area contributed by atoms with E-state index in [0.717, 1.165) is 6.42 Å². The fourth-order valence-electron chi connectivity index (χ4n) is 1.16. The van der Waals surface area contributed by atoms with Gasteiger partial charge < -0.3 is 0 Å². The van der Waals surface area contributed by atoms with Crippen LogP contribution in [0.25, 0.3) is 0 Å². The zero-order valence-electron chi connectivity index (χ0n) is 6.80. The summed E-state index contributed by atoms with van der Waals surface area (Å²) in [5, 5.41) is 0.154. The van der Waals surface area contributed by atoms with Gasteiger partial charge in [-0.25, -0.2) is 0 Å². The zero-order chi connectivity index (χ0) is 9.28. The summed E-state index contributed by atoms with van der Waals surface area (Å²) < 4.78 is 0. The van der Waals surface area contributed by atoms with Gasteiger partial charge in [0, 0.05) is 5.16 Å². The molecule has 0 aliphatic heterocycles. The summed E-state index contributed by atoms with van der Waals surface area (Å²) in [5.74, 6) is 0. The molecule has 0 aromatic carbocycles. The molecule has 0 heterocycles. The SMILES string of the molecule is CCC([Si](C)(Cl)Cl)[Si](C)(Cl)Cl. The van der Waals surface area contributed by atoms with Gasteiger partial charge in [0.2, 0.25) is 0 Å². The van der Waals surface area contributed by atoms with Crippen LogP contribution in [-0.2, 0) is 0 Å². The van der Waals surface area contributed by atoms with Crippen LogP contribution < -0.4 is 0 Å². The van der Waals surface area contributed by atoms with Crippen LogP contribution in [-0.4, -0.2) is 13.4 Å². The lowest BCUT2D eigenvalue weighted by Crippen LogP contribution is -2.37. The molecule has 0 radical (unpaired) electrons. The van der Waals surface area contributed by atoms with Crippen molar-refractivity contribution in [2.75, 3.05) is 0 Å². The second-order valence-corrected chi connectivity index (χ2v) is 19.3. The summed E-state index contributed by atoms with van der Waals surface area (Å²) in [7, 11) is 0. The average molecular weight is 270 g/mol. The quantitative estimate of drug-likeness (QED) is 0.526. The third-order valence-corrected chi connectivity index (χ3v) is 13.7. The topological polar surface area (TPSA) is 0 Å². The van der Waals surface area contributed by atoms with E-state index < -0.39 is 13.4 Å². The normalized spacial score (nSPS) is 14.2. The Balaban J connectivity index is 4.43. The van der Waals surface area contributed by atoms with Gasteiger partial charge in [0.15, 0.2) is 0 Å². The van der Waals surface area contributed by atoms with E-state index in [4.69, 9.17) is 44.3 Å². The molecule has 68 valence electrons. The van der Waals surface area contributed by atoms with Gasteiger partial charge in [-0.15, -0.1) is 44.3 Å². The van der Waals surface area contributed by atoms with Gasteiger partial charge in [-0.3, -0.25) is 0 Å². The van der Waals surface area contributed by atoms with E-state index in [1.807, 2.05) is 20.0 Å². The highest BCUT2D eigenvalue weighted by molar-refractivity contribution is 7.56. The molecule has 11 heavy (non-hydrogen) atoms. The molecule has 0 aliphatic carbocycles. The summed E-state index contributed by atoms with van der Waals surface area (Å²) in [6.07, 6.45) is 0.880. The maximum Gasteiger partial charge on any atom is 0.251 e. The number of rotatable bonds is 3. The highest BCUT2D eigenvalue weighted by atomic mass is 35.7. The van der Waals surface area contributed by atoms with Gasteiger partial charge >= 0.3 is 0 Å². The van der Waals surface area contributed by atoms with Crippen LogP contribution in [0.3, 0.4) is 0 Å². The fraction of sp³-hybridized carbons (Fsp3) is 1.00. The minimum Gasteiger partial charge on any atom is -0.146 e. The van der Waals surface area contributed by atoms with Gasteiger partial charge in [0.25, 0.3) is 13.4 Å². The Morgan fingerprint density at radius 2 is 1.27 bits per heavy atom. The Bertz CT molecular complexity index is 111. The van der Waals surface area contributed by atoms with Crippen LogP contribution in [0.1, 0.15) is 13.3 Å². The molecule has 0 amide bonds. The number of halogens is 4. The first-order valence-corrected chi connectivity index (χ1v) is 12.7. The average Bonchev–Trinajstić information content (AvgIpc) is 1.56. The first-order chi connectivity index (χ1) is 4.69. The fourth-order valence-corrected chi connectivity index (χ4v) is 17.9. The molecule has 0 fully saturated rings. The molecule has 0 spiro atoms. The van der Waals surface area contributed by atoms with E-state index >= 15 is 0 Å². The monoisotopic (exact) mass is 268 g/mol. The molecular weight excluding hydrogens is 258 g/mol. The maximum atomic E-state index is 6.05. The molecule has 0 aliphatic rings. The van der Waals surface area contributed by atoms with E-state index in [9.17, 15) is 0 Å². The van der Waals surface area contributed by atoms with E-state index in [1.165, 1.54) is 0 Å². The number of hydrogen-bond donors (Lipinski definition) is 0. The van der Waals surface area contributed by atoms with Gasteiger partial charge in [-0.05, 0) is 13.1 Å². The van der Waals surface area contributed by atoms with Crippen LogP contribution in [0, 0.1) is 0 Å². The summed E-state index contributed by atoms with van der Waals surface area (Å²) in [4.78, 5) is 0. The van der Waals surface area contributed by atoms with Crippen LogP contribution >= 0.6 is 44.3 Å². The molecule has 0 atom stereocenters. The van der Waals surface area contributed by atoms with Crippen LogP contribution in [0.15, 0.2) is 0 Å². The van der Waals surface area contributed by atoms with Gasteiger partial charge in [-0.2, -0.15) is 0 Å². The van der Waals surface area contributed by atoms with Crippen LogP contribution in [0.4, 0.5) is 0 Å². The first kappa shape index (κ1) is 12.6. The second-order valence-electron chi connectivity index (χ2n) is 2.87. The lowest BCUT2D eigenvalue weighted by molar-refractivity contribution is 0.990. The first-order valence-electron chi connectivity index (χ1n) is 3.45. The smallest absolute Gasteiger partial charge is 0.146 e. The Morgan fingerprint density at radius 1 is 1.00 bits per heavy atom. The van der Waals surface area contributed by atoms with Crippen LogP contribution in [0.2, 0.25) is 18.3 Å². The third kappa shape index (κ3) is 4.39. The van der Waals surface area contributed by atoms with Gasteiger partial charge in [-0.1, -0.05) is 13.3 Å². The predicted molar refractivity (Wildman–Crippen MR) is 60.7 cm³/mol. The van der Waals surface area contributed by atoms with Crippen molar-refractivity contribution >= 4 is 57.7 Å². The van der Waals surface area contributed by atoms with Crippen molar-refractivity contribution in [3.05, 3.63) is 0 Å². The summed E-state index contributed by atoms with van der Waals surface area (Å²) in [5.41, 5.74) is 0. The molecular formula is C5H12Cl4Si2. The summed E-state index contributed by atoms with van der Waals surface area (Å²) in [6.45, 7) is 1.42. The van der Waals surface area contributed by atoms with E-state index in [1.54, 1.807) is 0 Å². The molecule has 0 saturated heterocycles. The molecule has 0 aromatic rings. The Kier molecular flexibility index (Phi) is 4.81. The number of hydrogen-bond acceptors (Lipinski definition) is 0. The molecule has 0 rings (SSSR count). The van der Waals surface area contributed by atoms with Crippen molar-refractivity contribution in [2.45, 2.75) is 31.6 Å². The second kappa shape index (κ2) is 4.20. The predicted octanol–water partition coefficient (Wildman–Crippen LogP) is 4.41. The van der Waals surface area contributed by atoms with Crippen molar-refractivity contribution in [1.29, 1.82) is 0 Å². The molecule has 0 aromatic heterocycles. The third-order valence-electron chi connectivity index (χ3n) is 1.63. The largest absolute Gasteiger partial charge is 0.251 e. The minimum atomic E-state index is -2.18. The van der Waals surface area contributed by atoms with Gasteiger partial charge in [0.1, 0.15) is 0 Å². The Labute approximate surface area is 89.0 Å². The van der Waals surface area contributed by atoms with Crippen LogP contribution in [0.5, 0.6) is 0 Å².